The number of fused-ring (bicyclic) bond motifs is 1. The molecule has 2 saturated heterocycles. The van der Waals surface area contributed by atoms with Gasteiger partial charge in [-0.3, -0.25) is 15.0 Å². The molecule has 3 fully saturated rings. The standard InChI is InChI=1S/C34H43N5O5/c1-44-25-9-14-37(15-10-25)28-4-2-3-27-26(28)11-16-39(30(27)29(40)19-22-5-7-23(8-6-22)32(42)43)31(41)24-20-34(21-24)12-17-38(18-13-34)33(35)36/h2-8,24-25,30H,9-21H2,1H3,(H3,35,36)(H,42,43). The third-order valence-corrected chi connectivity index (χ3v) is 10.6. The summed E-state index contributed by atoms with van der Waals surface area (Å²) in [7, 11) is 1.76. The number of carbonyl (C=O) groups excluding carboxylic acids is 2. The van der Waals surface area contributed by atoms with Crippen LogP contribution in [0.4, 0.5) is 5.69 Å². The number of nitrogens with zero attached hydrogens (tertiary/aromatic N) is 3. The van der Waals surface area contributed by atoms with Crippen LogP contribution in [0.25, 0.3) is 0 Å². The number of methoxy groups -OCH3 is 1. The van der Waals surface area contributed by atoms with Crippen LogP contribution in [0.3, 0.4) is 0 Å². The van der Waals surface area contributed by atoms with Crippen LogP contribution in [0.2, 0.25) is 0 Å². The van der Waals surface area contributed by atoms with Crippen molar-refractivity contribution in [1.82, 2.24) is 9.80 Å². The van der Waals surface area contributed by atoms with Gasteiger partial charge >= 0.3 is 5.97 Å². The second-order valence-electron chi connectivity index (χ2n) is 13.1. The molecule has 2 aromatic carbocycles. The molecule has 0 radical (unpaired) electrons. The number of hydrogen-bond donors (Lipinski definition) is 3. The number of nitrogens with one attached hydrogen (secondary N) is 1. The summed E-state index contributed by atoms with van der Waals surface area (Å²) in [5.41, 5.74) is 9.93. The van der Waals surface area contributed by atoms with Gasteiger partial charge in [0.15, 0.2) is 11.7 Å². The summed E-state index contributed by atoms with van der Waals surface area (Å²) < 4.78 is 5.58. The number of piperidine rings is 2. The zero-order valence-corrected chi connectivity index (χ0v) is 25.5. The molecule has 1 unspecified atom stereocenters. The fourth-order valence-corrected chi connectivity index (χ4v) is 7.95. The van der Waals surface area contributed by atoms with Crippen molar-refractivity contribution in [2.75, 3.05) is 44.7 Å². The van der Waals surface area contributed by atoms with Gasteiger partial charge in [-0.2, -0.15) is 0 Å². The van der Waals surface area contributed by atoms with Gasteiger partial charge in [0.25, 0.3) is 0 Å². The maximum atomic E-state index is 14.2. The smallest absolute Gasteiger partial charge is 0.335 e. The number of carbonyl (C=O) groups is 3. The Labute approximate surface area is 258 Å². The van der Waals surface area contributed by atoms with Crippen molar-refractivity contribution in [1.29, 1.82) is 5.41 Å². The van der Waals surface area contributed by atoms with E-state index in [0.29, 0.717) is 13.0 Å². The SMILES string of the molecule is COC1CCN(c2cccc3c2CCN(C(=O)C2CC4(CCN(C(=N)N)CC4)C2)C3C(=O)Cc2ccc(C(=O)O)cc2)CC1. The van der Waals surface area contributed by atoms with E-state index < -0.39 is 12.0 Å². The number of rotatable bonds is 7. The number of benzene rings is 2. The topological polar surface area (TPSA) is 140 Å². The average molecular weight is 602 g/mol. The molecule has 1 spiro atoms. The molecule has 10 heteroatoms. The summed E-state index contributed by atoms with van der Waals surface area (Å²) in [5, 5.41) is 17.0. The lowest BCUT2D eigenvalue weighted by atomic mass is 9.57. The van der Waals surface area contributed by atoms with Gasteiger partial charge in [0, 0.05) is 57.9 Å². The number of likely N-dealkylation sites (tertiary alicyclic amines) is 1. The maximum Gasteiger partial charge on any atom is 0.335 e. The van der Waals surface area contributed by atoms with Crippen LogP contribution in [-0.4, -0.2) is 84.5 Å². The molecule has 1 saturated carbocycles. The predicted octanol–water partition coefficient (Wildman–Crippen LogP) is 3.62. The van der Waals surface area contributed by atoms with E-state index in [-0.39, 0.29) is 47.1 Å². The zero-order valence-electron chi connectivity index (χ0n) is 25.5. The van der Waals surface area contributed by atoms with E-state index in [1.165, 1.54) is 12.1 Å². The highest BCUT2D eigenvalue weighted by atomic mass is 16.5. The Morgan fingerprint density at radius 1 is 1.00 bits per heavy atom. The summed E-state index contributed by atoms with van der Waals surface area (Å²) in [4.78, 5) is 45.8. The summed E-state index contributed by atoms with van der Waals surface area (Å²) >= 11 is 0. The third kappa shape index (κ3) is 5.79. The van der Waals surface area contributed by atoms with E-state index in [2.05, 4.69) is 11.0 Å². The van der Waals surface area contributed by atoms with E-state index >= 15 is 0 Å². The fraction of sp³-hybridized carbons (Fsp3) is 0.529. The second-order valence-corrected chi connectivity index (χ2v) is 13.1. The van der Waals surface area contributed by atoms with Gasteiger partial charge in [-0.1, -0.05) is 24.3 Å². The van der Waals surface area contributed by atoms with Gasteiger partial charge in [-0.05, 0) is 85.3 Å². The van der Waals surface area contributed by atoms with Crippen molar-refractivity contribution in [3.8, 4) is 0 Å². The number of anilines is 1. The van der Waals surface area contributed by atoms with E-state index in [4.69, 9.17) is 15.9 Å². The summed E-state index contributed by atoms with van der Waals surface area (Å²) in [6, 6.07) is 11.9. The highest BCUT2D eigenvalue weighted by Gasteiger charge is 2.51. The number of nitrogens with two attached hydrogens (primary N) is 1. The van der Waals surface area contributed by atoms with E-state index in [9.17, 15) is 19.5 Å². The molecular weight excluding hydrogens is 558 g/mol. The Hall–Kier alpha value is -3.92. The van der Waals surface area contributed by atoms with Gasteiger partial charge in [0.1, 0.15) is 6.04 Å². The molecule has 10 nitrogen and oxygen atoms in total. The molecule has 4 N–H and O–H groups in total. The van der Waals surface area contributed by atoms with Gasteiger partial charge in [-0.25, -0.2) is 4.79 Å². The number of ketones is 1. The van der Waals surface area contributed by atoms with E-state index in [0.717, 1.165) is 87.1 Å². The van der Waals surface area contributed by atoms with Crippen molar-refractivity contribution in [2.24, 2.45) is 17.1 Å². The predicted molar refractivity (Wildman–Crippen MR) is 167 cm³/mol. The number of ether oxygens (including phenoxy) is 1. The van der Waals surface area contributed by atoms with E-state index in [1.54, 1.807) is 19.2 Å². The molecule has 0 aromatic heterocycles. The Bertz CT molecular complexity index is 1420. The molecule has 1 amide bonds. The summed E-state index contributed by atoms with van der Waals surface area (Å²) in [5.74, 6) is -1.00. The third-order valence-electron chi connectivity index (χ3n) is 10.6. The van der Waals surface area contributed by atoms with Gasteiger partial charge in [0.2, 0.25) is 5.91 Å². The molecule has 1 atom stereocenters. The molecule has 4 aliphatic rings. The highest BCUT2D eigenvalue weighted by molar-refractivity contribution is 5.94. The van der Waals surface area contributed by atoms with Crippen molar-refractivity contribution >= 4 is 29.3 Å². The summed E-state index contributed by atoms with van der Waals surface area (Å²) in [6.45, 7) is 3.76. The molecule has 3 heterocycles. The van der Waals surface area contributed by atoms with Crippen molar-refractivity contribution in [3.63, 3.8) is 0 Å². The second kappa shape index (κ2) is 12.2. The number of carboxylic acids is 1. The number of amides is 1. The lowest BCUT2D eigenvalue weighted by molar-refractivity contribution is -0.151. The molecule has 6 rings (SSSR count). The number of carboxylic acid groups (broad SMARTS) is 1. The first-order chi connectivity index (χ1) is 21.2. The fourth-order valence-electron chi connectivity index (χ4n) is 7.95. The zero-order chi connectivity index (χ0) is 31.0. The first-order valence-corrected chi connectivity index (χ1v) is 15.8. The molecule has 3 aliphatic heterocycles. The molecule has 0 bridgehead atoms. The monoisotopic (exact) mass is 601 g/mol. The minimum Gasteiger partial charge on any atom is -0.478 e. The first kappa shape index (κ1) is 30.1. The van der Waals surface area contributed by atoms with Crippen LogP contribution < -0.4 is 10.6 Å². The quantitative estimate of drug-likeness (QED) is 0.323. The Kier molecular flexibility index (Phi) is 8.37. The highest BCUT2D eigenvalue weighted by Crippen LogP contribution is 2.54. The van der Waals surface area contributed by atoms with E-state index in [1.807, 2.05) is 21.9 Å². The van der Waals surface area contributed by atoms with Crippen molar-refractivity contribution < 1.29 is 24.2 Å². The number of Topliss-reactive ketones (excluding diaryl/α,β-unsaturated/α-hetero) is 1. The minimum absolute atomic E-state index is 0.0542. The molecule has 234 valence electrons. The first-order valence-electron chi connectivity index (χ1n) is 15.8. The normalized spacial score (nSPS) is 21.9. The van der Waals surface area contributed by atoms with Crippen LogP contribution in [0.15, 0.2) is 42.5 Å². The average Bonchev–Trinajstić information content (AvgIpc) is 3.02. The van der Waals surface area contributed by atoms with Gasteiger partial charge in [0.05, 0.1) is 11.7 Å². The summed E-state index contributed by atoms with van der Waals surface area (Å²) in [6.07, 6.45) is 6.46. The number of guanidine groups is 1. The molecule has 44 heavy (non-hydrogen) atoms. The minimum atomic E-state index is -1.01. The van der Waals surface area contributed by atoms with Gasteiger partial charge in [-0.15, -0.1) is 0 Å². The Morgan fingerprint density at radius 2 is 1.68 bits per heavy atom. The van der Waals surface area contributed by atoms with Crippen LogP contribution in [0.1, 0.15) is 71.6 Å². The van der Waals surface area contributed by atoms with Crippen molar-refractivity contribution in [2.45, 2.75) is 63.5 Å². The Morgan fingerprint density at radius 3 is 2.30 bits per heavy atom. The maximum absolute atomic E-state index is 14.2. The lowest BCUT2D eigenvalue weighted by Gasteiger charge is -2.53. The van der Waals surface area contributed by atoms with Crippen molar-refractivity contribution in [3.05, 3.63) is 64.7 Å². The van der Waals surface area contributed by atoms with Crippen LogP contribution in [0, 0.1) is 16.7 Å². The van der Waals surface area contributed by atoms with Gasteiger partial charge < -0.3 is 30.3 Å². The van der Waals surface area contributed by atoms with Crippen LogP contribution >= 0.6 is 0 Å². The molecular formula is C34H43N5O5. The lowest BCUT2D eigenvalue weighted by Crippen LogP contribution is -2.55. The van der Waals surface area contributed by atoms with Crippen LogP contribution in [0.5, 0.6) is 0 Å². The number of hydrogen-bond acceptors (Lipinski definition) is 6. The molecule has 2 aromatic rings. The largest absolute Gasteiger partial charge is 0.478 e. The number of aromatic carboxylic acids is 1. The van der Waals surface area contributed by atoms with Crippen LogP contribution in [-0.2, 0) is 27.2 Å². The Balaban J connectivity index is 1.25. The molecule has 1 aliphatic carbocycles.